The summed E-state index contributed by atoms with van der Waals surface area (Å²) >= 11 is 3.76. The molecule has 0 spiro atoms. The highest BCUT2D eigenvalue weighted by Crippen LogP contribution is 2.41. The van der Waals surface area contributed by atoms with E-state index >= 15 is 0 Å². The van der Waals surface area contributed by atoms with Crippen LogP contribution < -0.4 is 0 Å². The van der Waals surface area contributed by atoms with Crippen LogP contribution in [0.25, 0.3) is 5.57 Å². The predicted molar refractivity (Wildman–Crippen MR) is 80.9 cm³/mol. The first-order chi connectivity index (χ1) is 8.86. The van der Waals surface area contributed by atoms with Crippen LogP contribution in [0.4, 0.5) is 0 Å². The lowest BCUT2D eigenvalue weighted by atomic mass is 9.82. The fourth-order valence-electron chi connectivity index (χ4n) is 2.43. The van der Waals surface area contributed by atoms with E-state index in [2.05, 4.69) is 76.6 Å². The van der Waals surface area contributed by atoms with Crippen LogP contribution in [0.1, 0.15) is 24.0 Å². The second kappa shape index (κ2) is 5.11. The van der Waals surface area contributed by atoms with Crippen LogP contribution in [-0.4, -0.2) is 4.83 Å². The highest BCUT2D eigenvalue weighted by atomic mass is 79.9. The van der Waals surface area contributed by atoms with Crippen LogP contribution in [0.3, 0.4) is 0 Å². The molecule has 0 radical (unpaired) electrons. The first-order valence-electron chi connectivity index (χ1n) is 6.34. The number of allylic oxidation sites excluding steroid dienone is 1. The molecule has 0 aliphatic heterocycles. The van der Waals surface area contributed by atoms with Gasteiger partial charge in [-0.2, -0.15) is 0 Å². The Morgan fingerprint density at radius 2 is 1.33 bits per heavy atom. The molecule has 1 heteroatoms. The van der Waals surface area contributed by atoms with Crippen molar-refractivity contribution in [2.24, 2.45) is 0 Å². The van der Waals surface area contributed by atoms with Gasteiger partial charge >= 0.3 is 0 Å². The molecule has 0 heterocycles. The van der Waals surface area contributed by atoms with Crippen LogP contribution in [-0.2, 0) is 0 Å². The van der Waals surface area contributed by atoms with Gasteiger partial charge in [0.2, 0.25) is 0 Å². The molecule has 2 aromatic rings. The van der Waals surface area contributed by atoms with E-state index in [4.69, 9.17) is 0 Å². The smallest absolute Gasteiger partial charge is 0.0367 e. The Morgan fingerprint density at radius 1 is 0.833 bits per heavy atom. The number of hydrogen-bond acceptors (Lipinski definition) is 0. The fourth-order valence-corrected chi connectivity index (χ4v) is 3.11. The van der Waals surface area contributed by atoms with Gasteiger partial charge in [-0.1, -0.05) is 76.6 Å². The van der Waals surface area contributed by atoms with E-state index in [-0.39, 0.29) is 0 Å². The fraction of sp³-hybridized carbons (Fsp3) is 0.176. The maximum absolute atomic E-state index is 3.76. The zero-order valence-electron chi connectivity index (χ0n) is 10.1. The Morgan fingerprint density at radius 3 is 1.67 bits per heavy atom. The van der Waals surface area contributed by atoms with Crippen molar-refractivity contribution < 1.29 is 0 Å². The standard InChI is InChI=1S/C17H15Br/c18-16-12-11-15(16)17(13-7-3-1-4-8-13)14-9-5-2-6-10-14/h1-10,16H,11-12H2. The summed E-state index contributed by atoms with van der Waals surface area (Å²) in [6.45, 7) is 0. The first-order valence-corrected chi connectivity index (χ1v) is 7.26. The third kappa shape index (κ3) is 2.15. The maximum atomic E-state index is 3.76. The number of halogens is 1. The monoisotopic (exact) mass is 298 g/mol. The number of alkyl halides is 1. The molecular formula is C17H15Br. The highest BCUT2D eigenvalue weighted by molar-refractivity contribution is 9.09. The van der Waals surface area contributed by atoms with Crippen LogP contribution in [0, 0.1) is 0 Å². The Bertz CT molecular complexity index is 513. The van der Waals surface area contributed by atoms with Crippen LogP contribution in [0.15, 0.2) is 66.2 Å². The van der Waals surface area contributed by atoms with Gasteiger partial charge in [0.1, 0.15) is 0 Å². The molecule has 0 aromatic heterocycles. The SMILES string of the molecule is BrC1CCC1=C(c1ccccc1)c1ccccc1. The molecule has 90 valence electrons. The molecule has 0 bridgehead atoms. The summed E-state index contributed by atoms with van der Waals surface area (Å²) in [5.41, 5.74) is 5.59. The van der Waals surface area contributed by atoms with E-state index in [1.165, 1.54) is 35.1 Å². The number of hydrogen-bond donors (Lipinski definition) is 0. The zero-order valence-corrected chi connectivity index (χ0v) is 11.7. The van der Waals surface area contributed by atoms with Gasteiger partial charge in [-0.05, 0) is 35.1 Å². The maximum Gasteiger partial charge on any atom is 0.0367 e. The molecule has 1 unspecified atom stereocenters. The minimum atomic E-state index is 0.549. The van der Waals surface area contributed by atoms with Gasteiger partial charge in [0, 0.05) is 4.83 Å². The van der Waals surface area contributed by atoms with Crippen molar-refractivity contribution in [3.63, 3.8) is 0 Å². The summed E-state index contributed by atoms with van der Waals surface area (Å²) in [4.78, 5) is 0.549. The van der Waals surface area contributed by atoms with Gasteiger partial charge in [-0.25, -0.2) is 0 Å². The second-order valence-corrected chi connectivity index (χ2v) is 5.74. The molecule has 0 nitrogen and oxygen atoms in total. The van der Waals surface area contributed by atoms with Crippen molar-refractivity contribution in [1.82, 2.24) is 0 Å². The Labute approximate surface area is 116 Å². The predicted octanol–water partition coefficient (Wildman–Crippen LogP) is 5.05. The molecule has 3 rings (SSSR count). The van der Waals surface area contributed by atoms with Crippen LogP contribution in [0.5, 0.6) is 0 Å². The first kappa shape index (κ1) is 11.7. The Balaban J connectivity index is 2.15. The summed E-state index contributed by atoms with van der Waals surface area (Å²) in [6.07, 6.45) is 2.45. The largest absolute Gasteiger partial charge is 0.0842 e. The lowest BCUT2D eigenvalue weighted by Gasteiger charge is -2.29. The van der Waals surface area contributed by atoms with Gasteiger partial charge in [0.25, 0.3) is 0 Å². The normalized spacial score (nSPS) is 18.3. The van der Waals surface area contributed by atoms with E-state index < -0.39 is 0 Å². The van der Waals surface area contributed by atoms with Crippen molar-refractivity contribution in [2.45, 2.75) is 17.7 Å². The molecule has 2 aromatic carbocycles. The van der Waals surface area contributed by atoms with Gasteiger partial charge in [-0.15, -0.1) is 0 Å². The van der Waals surface area contributed by atoms with E-state index in [0.29, 0.717) is 4.83 Å². The van der Waals surface area contributed by atoms with Crippen LogP contribution in [0.2, 0.25) is 0 Å². The number of benzene rings is 2. The Hall–Kier alpha value is -1.34. The van der Waals surface area contributed by atoms with E-state index in [1.54, 1.807) is 0 Å². The lowest BCUT2D eigenvalue weighted by Crippen LogP contribution is -2.17. The van der Waals surface area contributed by atoms with Crippen molar-refractivity contribution in [1.29, 1.82) is 0 Å². The summed E-state index contributed by atoms with van der Waals surface area (Å²) in [7, 11) is 0. The molecule has 0 N–H and O–H groups in total. The highest BCUT2D eigenvalue weighted by Gasteiger charge is 2.25. The average Bonchev–Trinajstić information content (AvgIpc) is 2.45. The molecule has 1 saturated carbocycles. The molecule has 1 aliphatic carbocycles. The quantitative estimate of drug-likeness (QED) is 0.681. The third-order valence-electron chi connectivity index (χ3n) is 3.49. The van der Waals surface area contributed by atoms with Crippen molar-refractivity contribution in [3.05, 3.63) is 77.4 Å². The lowest BCUT2D eigenvalue weighted by molar-refractivity contribution is 0.693. The molecule has 1 fully saturated rings. The summed E-state index contributed by atoms with van der Waals surface area (Å²) in [5, 5.41) is 0. The van der Waals surface area contributed by atoms with Crippen LogP contribution >= 0.6 is 15.9 Å². The molecule has 1 atom stereocenters. The topological polar surface area (TPSA) is 0 Å². The molecule has 1 aliphatic rings. The summed E-state index contributed by atoms with van der Waals surface area (Å²) < 4.78 is 0. The van der Waals surface area contributed by atoms with E-state index in [0.717, 1.165) is 0 Å². The van der Waals surface area contributed by atoms with Crippen molar-refractivity contribution >= 4 is 21.5 Å². The molecule has 0 saturated heterocycles. The van der Waals surface area contributed by atoms with Gasteiger partial charge < -0.3 is 0 Å². The van der Waals surface area contributed by atoms with Gasteiger partial charge in [-0.3, -0.25) is 0 Å². The Kier molecular flexibility index (Phi) is 3.33. The van der Waals surface area contributed by atoms with Crippen molar-refractivity contribution in [3.8, 4) is 0 Å². The molecule has 18 heavy (non-hydrogen) atoms. The third-order valence-corrected chi connectivity index (χ3v) is 4.50. The molecular weight excluding hydrogens is 284 g/mol. The zero-order chi connectivity index (χ0) is 12.4. The summed E-state index contributed by atoms with van der Waals surface area (Å²) in [6, 6.07) is 21.4. The minimum absolute atomic E-state index is 0.549. The van der Waals surface area contributed by atoms with E-state index in [1.807, 2.05) is 0 Å². The van der Waals surface area contributed by atoms with E-state index in [9.17, 15) is 0 Å². The number of rotatable bonds is 2. The summed E-state index contributed by atoms with van der Waals surface area (Å²) in [5.74, 6) is 0. The van der Waals surface area contributed by atoms with Gasteiger partial charge in [0.05, 0.1) is 0 Å². The van der Waals surface area contributed by atoms with Crippen molar-refractivity contribution in [2.75, 3.05) is 0 Å². The average molecular weight is 299 g/mol. The minimum Gasteiger partial charge on any atom is -0.0842 e. The second-order valence-electron chi connectivity index (χ2n) is 4.64. The molecule has 0 amide bonds. The van der Waals surface area contributed by atoms with Gasteiger partial charge in [0.15, 0.2) is 0 Å².